The van der Waals surface area contributed by atoms with Crippen LogP contribution in [0.5, 0.6) is 5.75 Å². The summed E-state index contributed by atoms with van der Waals surface area (Å²) in [5, 5.41) is 12.6. The molecule has 10 heteroatoms. The van der Waals surface area contributed by atoms with E-state index in [0.717, 1.165) is 10.4 Å². The van der Waals surface area contributed by atoms with Crippen molar-refractivity contribution in [1.82, 2.24) is 25.5 Å². The molecule has 0 saturated heterocycles. The molecule has 1 aromatic carbocycles. The fraction of sp³-hybridized carbons (Fsp3) is 0.105. The molecule has 0 aliphatic rings. The number of carbonyl (C=O) groups is 1. The maximum absolute atomic E-state index is 11.7. The van der Waals surface area contributed by atoms with Gasteiger partial charge in [-0.15, -0.1) is 21.5 Å². The number of nitrogens with zero attached hydrogens (tertiary/aromatic N) is 4. The molecular formula is C19H16N6O3S. The zero-order chi connectivity index (χ0) is 20.4. The molecule has 0 atom stereocenters. The predicted octanol–water partition coefficient (Wildman–Crippen LogP) is 2.87. The van der Waals surface area contributed by atoms with E-state index < -0.39 is 0 Å². The van der Waals surface area contributed by atoms with Crippen LogP contribution in [0.3, 0.4) is 0 Å². The van der Waals surface area contributed by atoms with E-state index in [1.807, 2.05) is 11.4 Å². The highest BCUT2D eigenvalue weighted by atomic mass is 32.1. The Balaban J connectivity index is 1.68. The minimum atomic E-state index is -0.164. The number of methoxy groups -OCH3 is 1. The van der Waals surface area contributed by atoms with E-state index in [0.29, 0.717) is 22.9 Å². The maximum atomic E-state index is 11.7. The molecule has 3 N–H and O–H groups in total. The summed E-state index contributed by atoms with van der Waals surface area (Å²) in [5.74, 6) is 1.12. The summed E-state index contributed by atoms with van der Waals surface area (Å²) in [6.45, 7) is 0. The van der Waals surface area contributed by atoms with Crippen molar-refractivity contribution < 1.29 is 13.9 Å². The second-order valence-corrected chi connectivity index (χ2v) is 6.79. The van der Waals surface area contributed by atoms with Crippen LogP contribution in [0.4, 0.5) is 5.82 Å². The Morgan fingerprint density at radius 2 is 1.93 bits per heavy atom. The summed E-state index contributed by atoms with van der Waals surface area (Å²) in [6, 6.07) is 8.80. The molecule has 1 amide bonds. The highest BCUT2D eigenvalue weighted by Gasteiger charge is 2.19. The summed E-state index contributed by atoms with van der Waals surface area (Å²) in [6.07, 6.45) is 1.55. The number of ether oxygens (including phenoxy) is 1. The SMILES string of the molecule is CNC(=O)c1ccc(-c2cnc(N)c(-c3nnc(-c4sccc4OC)o3)n2)cc1. The van der Waals surface area contributed by atoms with E-state index >= 15 is 0 Å². The third-order valence-corrected chi connectivity index (χ3v) is 5.03. The van der Waals surface area contributed by atoms with Crippen molar-refractivity contribution in [3.8, 4) is 39.4 Å². The molecule has 0 fully saturated rings. The highest BCUT2D eigenvalue weighted by Crippen LogP contribution is 2.36. The Labute approximate surface area is 169 Å². The molecule has 4 aromatic rings. The number of nitrogen functional groups attached to an aromatic ring is 1. The van der Waals surface area contributed by atoms with Gasteiger partial charge >= 0.3 is 0 Å². The Bertz CT molecular complexity index is 1170. The standard InChI is InChI=1S/C19H16N6O3S/c1-21-17(26)11-5-3-10(4-6-11)12-9-22-16(20)14(23-12)18-24-25-19(28-18)15-13(27-2)7-8-29-15/h3-9H,1-2H3,(H2,20,22)(H,21,26). The monoisotopic (exact) mass is 408 g/mol. The predicted molar refractivity (Wildman–Crippen MR) is 108 cm³/mol. The third-order valence-electron chi connectivity index (χ3n) is 4.14. The number of nitrogens with two attached hydrogens (primary N) is 1. The van der Waals surface area contributed by atoms with E-state index in [9.17, 15) is 4.79 Å². The van der Waals surface area contributed by atoms with Gasteiger partial charge in [0.2, 0.25) is 0 Å². The number of nitrogens with one attached hydrogen (secondary N) is 1. The Morgan fingerprint density at radius 1 is 1.17 bits per heavy atom. The molecular weight excluding hydrogens is 392 g/mol. The summed E-state index contributed by atoms with van der Waals surface area (Å²) < 4.78 is 11.1. The number of anilines is 1. The molecule has 0 bridgehead atoms. The molecule has 0 aliphatic heterocycles. The molecule has 3 aromatic heterocycles. The summed E-state index contributed by atoms with van der Waals surface area (Å²) in [4.78, 5) is 21.2. The van der Waals surface area contributed by atoms with Gasteiger partial charge in [0.1, 0.15) is 10.6 Å². The number of aromatic nitrogens is 4. The van der Waals surface area contributed by atoms with Crippen molar-refractivity contribution >= 4 is 23.1 Å². The van der Waals surface area contributed by atoms with E-state index in [1.165, 1.54) is 11.3 Å². The van der Waals surface area contributed by atoms with Gasteiger partial charge in [-0.3, -0.25) is 4.79 Å². The first-order valence-electron chi connectivity index (χ1n) is 8.51. The molecule has 0 saturated carbocycles. The van der Waals surface area contributed by atoms with Gasteiger partial charge < -0.3 is 20.2 Å². The van der Waals surface area contributed by atoms with Gasteiger partial charge in [0.25, 0.3) is 17.7 Å². The van der Waals surface area contributed by atoms with Crippen LogP contribution < -0.4 is 15.8 Å². The molecule has 9 nitrogen and oxygen atoms in total. The van der Waals surface area contributed by atoms with Crippen molar-refractivity contribution in [1.29, 1.82) is 0 Å². The smallest absolute Gasteiger partial charge is 0.270 e. The molecule has 0 unspecified atom stereocenters. The third kappa shape index (κ3) is 3.52. The highest BCUT2D eigenvalue weighted by molar-refractivity contribution is 7.13. The summed E-state index contributed by atoms with van der Waals surface area (Å²) in [7, 11) is 3.16. The van der Waals surface area contributed by atoms with Crippen molar-refractivity contribution in [3.05, 3.63) is 47.5 Å². The van der Waals surface area contributed by atoms with E-state index in [4.69, 9.17) is 14.9 Å². The lowest BCUT2D eigenvalue weighted by Crippen LogP contribution is -2.17. The van der Waals surface area contributed by atoms with Gasteiger partial charge in [0.15, 0.2) is 11.5 Å². The fourth-order valence-corrected chi connectivity index (χ4v) is 3.43. The maximum Gasteiger partial charge on any atom is 0.270 e. The lowest BCUT2D eigenvalue weighted by atomic mass is 10.1. The number of benzene rings is 1. The number of rotatable bonds is 5. The molecule has 3 heterocycles. The zero-order valence-corrected chi connectivity index (χ0v) is 16.4. The van der Waals surface area contributed by atoms with Crippen molar-refractivity contribution in [2.24, 2.45) is 0 Å². The van der Waals surface area contributed by atoms with Gasteiger partial charge in [-0.25, -0.2) is 9.97 Å². The quantitative estimate of drug-likeness (QED) is 0.516. The van der Waals surface area contributed by atoms with Crippen molar-refractivity contribution in [3.63, 3.8) is 0 Å². The Hall–Kier alpha value is -3.79. The first kappa shape index (κ1) is 18.6. The van der Waals surface area contributed by atoms with Crippen LogP contribution in [0, 0.1) is 0 Å². The number of hydrogen-bond donors (Lipinski definition) is 2. The second-order valence-electron chi connectivity index (χ2n) is 5.88. The molecule has 0 spiro atoms. The zero-order valence-electron chi connectivity index (χ0n) is 15.5. The van der Waals surface area contributed by atoms with Crippen molar-refractivity contribution in [2.45, 2.75) is 0 Å². The summed E-state index contributed by atoms with van der Waals surface area (Å²) in [5.41, 5.74) is 8.15. The number of amides is 1. The number of hydrogen-bond acceptors (Lipinski definition) is 9. The van der Waals surface area contributed by atoms with Crippen LogP contribution in [-0.4, -0.2) is 40.2 Å². The fourth-order valence-electron chi connectivity index (χ4n) is 2.66. The van der Waals surface area contributed by atoms with Gasteiger partial charge in [-0.05, 0) is 23.6 Å². The number of thiophene rings is 1. The van der Waals surface area contributed by atoms with Gasteiger partial charge in [0.05, 0.1) is 19.0 Å². The Kier molecular flexibility index (Phi) is 4.92. The van der Waals surface area contributed by atoms with Crippen LogP contribution in [0.25, 0.3) is 33.6 Å². The first-order chi connectivity index (χ1) is 14.1. The molecule has 0 aliphatic carbocycles. The minimum absolute atomic E-state index is 0.157. The second kappa shape index (κ2) is 7.68. The average Bonchev–Trinajstić information content (AvgIpc) is 3.42. The lowest BCUT2D eigenvalue weighted by Gasteiger charge is -2.05. The average molecular weight is 408 g/mol. The van der Waals surface area contributed by atoms with E-state index in [-0.39, 0.29) is 23.3 Å². The lowest BCUT2D eigenvalue weighted by molar-refractivity contribution is 0.0963. The molecule has 29 heavy (non-hydrogen) atoms. The van der Waals surface area contributed by atoms with Crippen LogP contribution >= 0.6 is 11.3 Å². The minimum Gasteiger partial charge on any atom is -0.495 e. The van der Waals surface area contributed by atoms with Crippen LogP contribution in [-0.2, 0) is 0 Å². The number of carbonyl (C=O) groups excluding carboxylic acids is 1. The van der Waals surface area contributed by atoms with Gasteiger partial charge in [-0.1, -0.05) is 12.1 Å². The van der Waals surface area contributed by atoms with Crippen molar-refractivity contribution in [2.75, 3.05) is 19.9 Å². The molecule has 4 rings (SSSR count). The van der Waals surface area contributed by atoms with Crippen LogP contribution in [0.15, 0.2) is 46.3 Å². The normalized spacial score (nSPS) is 10.7. The Morgan fingerprint density at radius 3 is 2.66 bits per heavy atom. The largest absolute Gasteiger partial charge is 0.495 e. The van der Waals surface area contributed by atoms with E-state index in [2.05, 4.69) is 25.5 Å². The van der Waals surface area contributed by atoms with Crippen LogP contribution in [0.2, 0.25) is 0 Å². The van der Waals surface area contributed by atoms with Crippen LogP contribution in [0.1, 0.15) is 10.4 Å². The van der Waals surface area contributed by atoms with Gasteiger partial charge in [0, 0.05) is 18.2 Å². The molecule has 0 radical (unpaired) electrons. The summed E-state index contributed by atoms with van der Waals surface area (Å²) >= 11 is 1.42. The molecule has 146 valence electrons. The first-order valence-corrected chi connectivity index (χ1v) is 9.39. The van der Waals surface area contributed by atoms with E-state index in [1.54, 1.807) is 44.6 Å². The van der Waals surface area contributed by atoms with Gasteiger partial charge in [-0.2, -0.15) is 0 Å². The topological polar surface area (TPSA) is 129 Å².